The SMILES string of the molecule is Cc1ccccc1-n1nc(C)c(CCNC(C)C)c1C. The second kappa shape index (κ2) is 6.23. The maximum atomic E-state index is 4.73. The van der Waals surface area contributed by atoms with Crippen LogP contribution in [0.5, 0.6) is 0 Å². The number of hydrogen-bond donors (Lipinski definition) is 1. The van der Waals surface area contributed by atoms with E-state index < -0.39 is 0 Å². The zero-order valence-electron chi connectivity index (χ0n) is 13.2. The van der Waals surface area contributed by atoms with Gasteiger partial charge >= 0.3 is 0 Å². The molecule has 0 spiro atoms. The van der Waals surface area contributed by atoms with Crippen LogP contribution in [0.2, 0.25) is 0 Å². The summed E-state index contributed by atoms with van der Waals surface area (Å²) in [4.78, 5) is 0. The summed E-state index contributed by atoms with van der Waals surface area (Å²) in [6.07, 6.45) is 1.03. The smallest absolute Gasteiger partial charge is 0.0678 e. The first-order valence-corrected chi connectivity index (χ1v) is 7.35. The largest absolute Gasteiger partial charge is 0.314 e. The van der Waals surface area contributed by atoms with E-state index in [1.54, 1.807) is 0 Å². The lowest BCUT2D eigenvalue weighted by Crippen LogP contribution is -2.25. The normalized spacial score (nSPS) is 11.3. The van der Waals surface area contributed by atoms with Gasteiger partial charge in [0.25, 0.3) is 0 Å². The molecule has 0 bridgehead atoms. The molecule has 0 aliphatic carbocycles. The Morgan fingerprint density at radius 3 is 2.50 bits per heavy atom. The fraction of sp³-hybridized carbons (Fsp3) is 0.471. The molecule has 2 aromatic rings. The molecule has 1 N–H and O–H groups in total. The third-order valence-electron chi connectivity index (χ3n) is 3.71. The molecule has 3 nitrogen and oxygen atoms in total. The van der Waals surface area contributed by atoms with Gasteiger partial charge in [-0.15, -0.1) is 0 Å². The van der Waals surface area contributed by atoms with E-state index in [1.165, 1.54) is 22.5 Å². The molecular formula is C17H25N3. The molecule has 0 amide bonds. The van der Waals surface area contributed by atoms with Crippen LogP contribution in [0.1, 0.15) is 36.4 Å². The molecule has 0 radical (unpaired) electrons. The summed E-state index contributed by atoms with van der Waals surface area (Å²) in [6, 6.07) is 8.93. The van der Waals surface area contributed by atoms with Crippen molar-refractivity contribution >= 4 is 0 Å². The number of nitrogens with zero attached hydrogens (tertiary/aromatic N) is 2. The van der Waals surface area contributed by atoms with Crippen LogP contribution in [-0.4, -0.2) is 22.4 Å². The molecule has 1 aromatic heterocycles. The van der Waals surface area contributed by atoms with Crippen molar-refractivity contribution in [2.24, 2.45) is 0 Å². The van der Waals surface area contributed by atoms with Gasteiger partial charge in [-0.25, -0.2) is 4.68 Å². The Bertz CT molecular complexity index is 582. The van der Waals surface area contributed by atoms with Gasteiger partial charge < -0.3 is 5.32 Å². The molecule has 0 aliphatic heterocycles. The minimum Gasteiger partial charge on any atom is -0.314 e. The van der Waals surface area contributed by atoms with Gasteiger partial charge in [0.1, 0.15) is 0 Å². The molecule has 0 fully saturated rings. The van der Waals surface area contributed by atoms with Gasteiger partial charge in [0, 0.05) is 11.7 Å². The van der Waals surface area contributed by atoms with Crippen LogP contribution < -0.4 is 5.32 Å². The van der Waals surface area contributed by atoms with Crippen molar-refractivity contribution in [3.05, 3.63) is 46.8 Å². The highest BCUT2D eigenvalue weighted by atomic mass is 15.3. The van der Waals surface area contributed by atoms with E-state index in [1.807, 2.05) is 0 Å². The Morgan fingerprint density at radius 2 is 1.85 bits per heavy atom. The maximum absolute atomic E-state index is 4.73. The second-order valence-corrected chi connectivity index (χ2v) is 5.71. The third-order valence-corrected chi connectivity index (χ3v) is 3.71. The van der Waals surface area contributed by atoms with E-state index in [0.717, 1.165) is 18.7 Å². The number of rotatable bonds is 5. The molecule has 2 rings (SSSR count). The van der Waals surface area contributed by atoms with Crippen molar-refractivity contribution in [3.8, 4) is 5.69 Å². The fourth-order valence-corrected chi connectivity index (χ4v) is 2.56. The number of para-hydroxylation sites is 1. The lowest BCUT2D eigenvalue weighted by atomic mass is 10.1. The zero-order chi connectivity index (χ0) is 14.7. The fourth-order valence-electron chi connectivity index (χ4n) is 2.56. The molecule has 3 heteroatoms. The monoisotopic (exact) mass is 271 g/mol. The van der Waals surface area contributed by atoms with E-state index in [0.29, 0.717) is 6.04 Å². The van der Waals surface area contributed by atoms with Crippen molar-refractivity contribution in [3.63, 3.8) is 0 Å². The lowest BCUT2D eigenvalue weighted by molar-refractivity contribution is 0.589. The molecule has 0 saturated carbocycles. The molecule has 0 aliphatic rings. The summed E-state index contributed by atoms with van der Waals surface area (Å²) < 4.78 is 2.08. The van der Waals surface area contributed by atoms with Crippen LogP contribution in [0.4, 0.5) is 0 Å². The van der Waals surface area contributed by atoms with Crippen molar-refractivity contribution in [1.29, 1.82) is 0 Å². The Hall–Kier alpha value is -1.61. The number of aromatic nitrogens is 2. The number of benzene rings is 1. The van der Waals surface area contributed by atoms with Crippen molar-refractivity contribution in [2.45, 2.75) is 47.1 Å². The predicted molar refractivity (Wildman–Crippen MR) is 84.6 cm³/mol. The molecule has 1 heterocycles. The second-order valence-electron chi connectivity index (χ2n) is 5.71. The quantitative estimate of drug-likeness (QED) is 0.904. The van der Waals surface area contributed by atoms with E-state index in [4.69, 9.17) is 5.10 Å². The van der Waals surface area contributed by atoms with Gasteiger partial charge in [-0.2, -0.15) is 5.10 Å². The molecule has 0 unspecified atom stereocenters. The Kier molecular flexibility index (Phi) is 4.61. The topological polar surface area (TPSA) is 29.9 Å². The lowest BCUT2D eigenvalue weighted by Gasteiger charge is -2.10. The standard InChI is InChI=1S/C17H25N3/c1-12(2)18-11-10-16-14(4)19-20(15(16)5)17-9-7-6-8-13(17)3/h6-9,12,18H,10-11H2,1-5H3. The average molecular weight is 271 g/mol. The van der Waals surface area contributed by atoms with Gasteiger partial charge in [-0.05, 0) is 50.9 Å². The van der Waals surface area contributed by atoms with Gasteiger partial charge in [0.05, 0.1) is 11.4 Å². The molecule has 0 atom stereocenters. The first-order valence-electron chi connectivity index (χ1n) is 7.35. The summed E-state index contributed by atoms with van der Waals surface area (Å²) in [5, 5.41) is 8.20. The highest BCUT2D eigenvalue weighted by Gasteiger charge is 2.13. The average Bonchev–Trinajstić information content (AvgIpc) is 2.67. The summed E-state index contributed by atoms with van der Waals surface area (Å²) in [5.74, 6) is 0. The van der Waals surface area contributed by atoms with Crippen LogP contribution in [0.15, 0.2) is 24.3 Å². The van der Waals surface area contributed by atoms with Gasteiger partial charge in [0.15, 0.2) is 0 Å². The van der Waals surface area contributed by atoms with Crippen molar-refractivity contribution < 1.29 is 0 Å². The minimum atomic E-state index is 0.530. The molecule has 1 aromatic carbocycles. The van der Waals surface area contributed by atoms with E-state index in [-0.39, 0.29) is 0 Å². The van der Waals surface area contributed by atoms with Crippen molar-refractivity contribution in [1.82, 2.24) is 15.1 Å². The molecular weight excluding hydrogens is 246 g/mol. The van der Waals surface area contributed by atoms with E-state index in [2.05, 4.69) is 68.9 Å². The summed E-state index contributed by atoms with van der Waals surface area (Å²) in [5.41, 5.74) is 6.18. The number of nitrogens with one attached hydrogen (secondary N) is 1. The Balaban J connectivity index is 2.27. The highest BCUT2D eigenvalue weighted by molar-refractivity contribution is 5.42. The first-order chi connectivity index (χ1) is 9.50. The van der Waals surface area contributed by atoms with Crippen LogP contribution >= 0.6 is 0 Å². The van der Waals surface area contributed by atoms with Crippen LogP contribution in [0, 0.1) is 20.8 Å². The van der Waals surface area contributed by atoms with E-state index in [9.17, 15) is 0 Å². The molecule has 108 valence electrons. The van der Waals surface area contributed by atoms with E-state index >= 15 is 0 Å². The highest BCUT2D eigenvalue weighted by Crippen LogP contribution is 2.20. The Morgan fingerprint density at radius 1 is 1.15 bits per heavy atom. The van der Waals surface area contributed by atoms with Crippen LogP contribution in [-0.2, 0) is 6.42 Å². The summed E-state index contributed by atoms with van der Waals surface area (Å²) >= 11 is 0. The molecule has 20 heavy (non-hydrogen) atoms. The zero-order valence-corrected chi connectivity index (χ0v) is 13.2. The van der Waals surface area contributed by atoms with Gasteiger partial charge in [0.2, 0.25) is 0 Å². The number of aryl methyl sites for hydroxylation is 2. The summed E-state index contributed by atoms with van der Waals surface area (Å²) in [6.45, 7) is 11.8. The van der Waals surface area contributed by atoms with Crippen LogP contribution in [0.3, 0.4) is 0 Å². The van der Waals surface area contributed by atoms with Gasteiger partial charge in [-0.3, -0.25) is 0 Å². The van der Waals surface area contributed by atoms with Gasteiger partial charge in [-0.1, -0.05) is 32.0 Å². The first kappa shape index (κ1) is 14.8. The van der Waals surface area contributed by atoms with Crippen LogP contribution in [0.25, 0.3) is 5.69 Å². The maximum Gasteiger partial charge on any atom is 0.0678 e. The summed E-state index contributed by atoms with van der Waals surface area (Å²) in [7, 11) is 0. The number of hydrogen-bond acceptors (Lipinski definition) is 2. The third kappa shape index (κ3) is 3.10. The molecule has 0 saturated heterocycles. The van der Waals surface area contributed by atoms with Crippen molar-refractivity contribution in [2.75, 3.05) is 6.54 Å². The Labute approximate surface area is 122 Å². The predicted octanol–water partition coefficient (Wildman–Crippen LogP) is 3.34. The minimum absolute atomic E-state index is 0.530.